The molecular formula is C33H42N2O3. The van der Waals surface area contributed by atoms with Crippen LogP contribution < -0.4 is 9.64 Å². The van der Waals surface area contributed by atoms with Crippen molar-refractivity contribution in [1.29, 1.82) is 0 Å². The van der Waals surface area contributed by atoms with Gasteiger partial charge in [0, 0.05) is 31.4 Å². The third-order valence-corrected chi connectivity index (χ3v) is 8.31. The van der Waals surface area contributed by atoms with Gasteiger partial charge in [0.25, 0.3) is 0 Å². The smallest absolute Gasteiger partial charge is 0.119 e. The van der Waals surface area contributed by atoms with Crippen molar-refractivity contribution in [2.75, 3.05) is 44.2 Å². The van der Waals surface area contributed by atoms with Gasteiger partial charge < -0.3 is 19.8 Å². The molecule has 1 atom stereocenters. The Morgan fingerprint density at radius 1 is 0.895 bits per heavy atom. The fourth-order valence-corrected chi connectivity index (χ4v) is 6.10. The highest BCUT2D eigenvalue weighted by Crippen LogP contribution is 2.39. The van der Waals surface area contributed by atoms with E-state index in [1.54, 1.807) is 6.07 Å². The monoisotopic (exact) mass is 514 g/mol. The normalized spacial score (nSPS) is 17.7. The lowest BCUT2D eigenvalue weighted by Gasteiger charge is -2.31. The van der Waals surface area contributed by atoms with E-state index < -0.39 is 0 Å². The van der Waals surface area contributed by atoms with E-state index in [0.29, 0.717) is 17.4 Å². The summed E-state index contributed by atoms with van der Waals surface area (Å²) in [5.41, 5.74) is 6.31. The molecule has 0 spiro atoms. The predicted octanol–water partition coefficient (Wildman–Crippen LogP) is 6.30. The molecule has 5 heteroatoms. The molecule has 5 nitrogen and oxygen atoms in total. The van der Waals surface area contributed by atoms with Crippen molar-refractivity contribution in [2.45, 2.75) is 57.8 Å². The Hall–Kier alpha value is -3.18. The molecule has 5 rings (SSSR count). The Kier molecular flexibility index (Phi) is 8.75. The van der Waals surface area contributed by atoms with Crippen LogP contribution in [-0.4, -0.2) is 54.4 Å². The summed E-state index contributed by atoms with van der Waals surface area (Å²) in [6.07, 6.45) is 7.90. The number of fused-ring (bicyclic) bond motifs is 1. The fraction of sp³-hybridized carbons (Fsp3) is 0.455. The third-order valence-electron chi connectivity index (χ3n) is 8.31. The van der Waals surface area contributed by atoms with Crippen LogP contribution in [0.5, 0.6) is 17.2 Å². The minimum absolute atomic E-state index is 0.314. The van der Waals surface area contributed by atoms with E-state index >= 15 is 0 Å². The average molecular weight is 515 g/mol. The fourth-order valence-electron chi connectivity index (χ4n) is 6.10. The summed E-state index contributed by atoms with van der Waals surface area (Å²) in [4.78, 5) is 4.90. The molecule has 1 fully saturated rings. The number of benzene rings is 3. The number of likely N-dealkylation sites (tertiary alicyclic amines) is 1. The van der Waals surface area contributed by atoms with Gasteiger partial charge in [0.1, 0.15) is 23.9 Å². The molecule has 2 aliphatic rings. The Balaban J connectivity index is 1.20. The molecule has 0 radical (unpaired) electrons. The number of hydrogen-bond acceptors (Lipinski definition) is 5. The van der Waals surface area contributed by atoms with Crippen LogP contribution in [0.4, 0.5) is 5.69 Å². The molecule has 0 bridgehead atoms. The Morgan fingerprint density at radius 3 is 2.45 bits per heavy atom. The van der Waals surface area contributed by atoms with Crippen molar-refractivity contribution >= 4 is 5.69 Å². The largest absolute Gasteiger partial charge is 0.508 e. The van der Waals surface area contributed by atoms with Gasteiger partial charge >= 0.3 is 0 Å². The van der Waals surface area contributed by atoms with Gasteiger partial charge in [0.2, 0.25) is 0 Å². The van der Waals surface area contributed by atoms with Gasteiger partial charge in [-0.3, -0.25) is 4.90 Å². The number of anilines is 1. The Bertz CT molecular complexity index is 1190. The topological polar surface area (TPSA) is 56.2 Å². The Labute approximate surface area is 227 Å². The number of aromatic hydroxyl groups is 2. The minimum Gasteiger partial charge on any atom is -0.508 e. The van der Waals surface area contributed by atoms with Crippen molar-refractivity contribution in [3.05, 3.63) is 82.9 Å². The molecule has 0 saturated carbocycles. The highest BCUT2D eigenvalue weighted by molar-refractivity contribution is 5.59. The second kappa shape index (κ2) is 12.6. The van der Waals surface area contributed by atoms with E-state index in [9.17, 15) is 10.2 Å². The van der Waals surface area contributed by atoms with Gasteiger partial charge in [-0.1, -0.05) is 30.7 Å². The molecule has 1 heterocycles. The summed E-state index contributed by atoms with van der Waals surface area (Å²) in [6, 6.07) is 20.2. The number of phenols is 2. The van der Waals surface area contributed by atoms with Gasteiger partial charge in [-0.2, -0.15) is 0 Å². The van der Waals surface area contributed by atoms with Crippen LogP contribution in [0.15, 0.2) is 60.7 Å². The molecule has 202 valence electrons. The number of rotatable bonds is 10. The number of likely N-dealkylation sites (N-methyl/N-ethyl adjacent to an activating group) is 1. The summed E-state index contributed by atoms with van der Waals surface area (Å²) in [7, 11) is 0. The van der Waals surface area contributed by atoms with Crippen LogP contribution in [-0.2, 0) is 19.3 Å². The number of nitrogens with zero attached hydrogens (tertiary/aromatic N) is 2. The molecule has 2 N–H and O–H groups in total. The minimum atomic E-state index is 0.314. The zero-order valence-electron chi connectivity index (χ0n) is 22.7. The first-order chi connectivity index (χ1) is 18.6. The third kappa shape index (κ3) is 6.63. The maximum absolute atomic E-state index is 10.4. The van der Waals surface area contributed by atoms with Crippen LogP contribution in [0.25, 0.3) is 0 Å². The second-order valence-corrected chi connectivity index (χ2v) is 10.9. The molecule has 1 saturated heterocycles. The van der Waals surface area contributed by atoms with Crippen LogP contribution in [0.1, 0.15) is 60.8 Å². The first-order valence-electron chi connectivity index (χ1n) is 14.4. The second-order valence-electron chi connectivity index (χ2n) is 10.9. The first kappa shape index (κ1) is 26.4. The SMILES string of the molecule is CCN(CCc1ccc(OCCN2CCCCC2)cc1)c1cc(O)ccc1C1CCc2cc(O)ccc2C1. The maximum Gasteiger partial charge on any atom is 0.119 e. The lowest BCUT2D eigenvalue weighted by molar-refractivity contribution is 0.183. The van der Waals surface area contributed by atoms with Gasteiger partial charge in [0.15, 0.2) is 0 Å². The number of piperidine rings is 1. The van der Waals surface area contributed by atoms with E-state index in [1.165, 1.54) is 54.6 Å². The molecule has 3 aromatic carbocycles. The number of aryl methyl sites for hydroxylation is 1. The van der Waals surface area contributed by atoms with E-state index in [-0.39, 0.29) is 0 Å². The quantitative estimate of drug-likeness (QED) is 0.332. The average Bonchev–Trinajstić information content (AvgIpc) is 2.94. The highest BCUT2D eigenvalue weighted by atomic mass is 16.5. The maximum atomic E-state index is 10.4. The van der Waals surface area contributed by atoms with Gasteiger partial charge in [-0.25, -0.2) is 0 Å². The van der Waals surface area contributed by atoms with Crippen LogP contribution in [0.2, 0.25) is 0 Å². The summed E-state index contributed by atoms with van der Waals surface area (Å²) in [5, 5.41) is 20.2. The lowest BCUT2D eigenvalue weighted by atomic mass is 9.79. The molecule has 1 unspecified atom stereocenters. The summed E-state index contributed by atoms with van der Waals surface area (Å²) < 4.78 is 6.01. The standard InChI is InChI=1S/C33H42N2O3/c1-2-35(19-16-25-6-13-31(14-7-25)38-21-20-34-17-4-3-5-18-34)33-24-30(37)12-15-32(33)28-9-8-27-23-29(36)11-10-26(27)22-28/h6-7,10-15,23-24,28,36-37H,2-5,8-9,16-22H2,1H3. The van der Waals surface area contributed by atoms with Gasteiger partial charge in [-0.05, 0) is 117 Å². The van der Waals surface area contributed by atoms with Crippen LogP contribution >= 0.6 is 0 Å². The van der Waals surface area contributed by atoms with Crippen molar-refractivity contribution in [2.24, 2.45) is 0 Å². The van der Waals surface area contributed by atoms with Crippen molar-refractivity contribution in [3.8, 4) is 17.2 Å². The zero-order chi connectivity index (χ0) is 26.3. The number of ether oxygens (including phenoxy) is 1. The molecule has 1 aliphatic carbocycles. The molecule has 38 heavy (non-hydrogen) atoms. The molecular weight excluding hydrogens is 472 g/mol. The predicted molar refractivity (Wildman–Crippen MR) is 155 cm³/mol. The lowest BCUT2D eigenvalue weighted by Crippen LogP contribution is -2.33. The number of phenolic OH excluding ortho intramolecular Hbond substituents is 2. The van der Waals surface area contributed by atoms with Gasteiger partial charge in [-0.15, -0.1) is 0 Å². The Morgan fingerprint density at radius 2 is 1.66 bits per heavy atom. The summed E-state index contributed by atoms with van der Waals surface area (Å²) in [5.74, 6) is 2.01. The van der Waals surface area contributed by atoms with Crippen molar-refractivity contribution in [1.82, 2.24) is 4.90 Å². The van der Waals surface area contributed by atoms with E-state index in [0.717, 1.165) is 63.4 Å². The van der Waals surface area contributed by atoms with Crippen LogP contribution in [0, 0.1) is 0 Å². The van der Waals surface area contributed by atoms with Crippen molar-refractivity contribution < 1.29 is 14.9 Å². The van der Waals surface area contributed by atoms with Gasteiger partial charge in [0.05, 0.1) is 0 Å². The zero-order valence-corrected chi connectivity index (χ0v) is 22.7. The van der Waals surface area contributed by atoms with Crippen molar-refractivity contribution in [3.63, 3.8) is 0 Å². The summed E-state index contributed by atoms with van der Waals surface area (Å²) >= 11 is 0. The first-order valence-corrected chi connectivity index (χ1v) is 14.4. The molecule has 0 amide bonds. The van der Waals surface area contributed by atoms with E-state index in [2.05, 4.69) is 53.1 Å². The van der Waals surface area contributed by atoms with E-state index in [4.69, 9.17) is 4.74 Å². The molecule has 0 aromatic heterocycles. The summed E-state index contributed by atoms with van der Waals surface area (Å²) in [6.45, 7) is 8.12. The molecule has 3 aromatic rings. The van der Waals surface area contributed by atoms with Crippen LogP contribution in [0.3, 0.4) is 0 Å². The highest BCUT2D eigenvalue weighted by Gasteiger charge is 2.24. The molecule has 1 aliphatic heterocycles. The van der Waals surface area contributed by atoms with E-state index in [1.807, 2.05) is 18.2 Å². The number of hydrogen-bond donors (Lipinski definition) is 2.